The van der Waals surface area contributed by atoms with Crippen LogP contribution >= 0.6 is 11.3 Å². The normalized spacial score (nSPS) is 21.3. The molecule has 1 aromatic heterocycles. The molecule has 1 fully saturated rings. The van der Waals surface area contributed by atoms with Gasteiger partial charge in [-0.2, -0.15) is 5.10 Å². The lowest BCUT2D eigenvalue weighted by atomic mass is 9.99. The number of rotatable bonds is 4. The molecular formula is C26H30N6O2S. The number of nitrogens with one attached hydrogen (secondary N) is 2. The minimum Gasteiger partial charge on any atom is -0.469 e. The number of hydrogen-bond donors (Lipinski definition) is 2. The van der Waals surface area contributed by atoms with Crippen molar-refractivity contribution in [2.45, 2.75) is 39.3 Å². The number of carbonyl (C=O) groups is 1. The summed E-state index contributed by atoms with van der Waals surface area (Å²) in [7, 11) is 1.40. The van der Waals surface area contributed by atoms with Gasteiger partial charge in [-0.25, -0.2) is 5.43 Å². The van der Waals surface area contributed by atoms with E-state index in [9.17, 15) is 4.79 Å². The largest absolute Gasteiger partial charge is 0.469 e. The molecule has 182 valence electrons. The van der Waals surface area contributed by atoms with Gasteiger partial charge in [0.25, 0.3) is 0 Å². The zero-order valence-electron chi connectivity index (χ0n) is 20.5. The van der Waals surface area contributed by atoms with E-state index in [2.05, 4.69) is 75.7 Å². The smallest absolute Gasteiger partial charge is 0.308 e. The molecule has 1 aromatic carbocycles. The lowest BCUT2D eigenvalue weighted by Gasteiger charge is -2.29. The molecule has 5 rings (SSSR count). The van der Waals surface area contributed by atoms with E-state index in [-0.39, 0.29) is 18.4 Å². The van der Waals surface area contributed by atoms with E-state index in [1.165, 1.54) is 23.2 Å². The maximum atomic E-state index is 12.4. The van der Waals surface area contributed by atoms with Crippen LogP contribution < -0.4 is 20.5 Å². The first-order valence-electron chi connectivity index (χ1n) is 11.9. The van der Waals surface area contributed by atoms with Crippen LogP contribution in [-0.2, 0) is 9.53 Å². The lowest BCUT2D eigenvalue weighted by Crippen LogP contribution is -2.43. The fraction of sp³-hybridized carbons (Fsp3) is 0.423. The Labute approximate surface area is 210 Å². The van der Waals surface area contributed by atoms with Gasteiger partial charge in [0.15, 0.2) is 5.84 Å². The van der Waals surface area contributed by atoms with Gasteiger partial charge in [0.2, 0.25) is 0 Å². The second kappa shape index (κ2) is 9.72. The summed E-state index contributed by atoms with van der Waals surface area (Å²) < 4.78 is 5.02. The van der Waals surface area contributed by atoms with Crippen LogP contribution in [0.4, 0.5) is 10.7 Å². The van der Waals surface area contributed by atoms with E-state index >= 15 is 0 Å². The maximum Gasteiger partial charge on any atom is 0.308 e. The van der Waals surface area contributed by atoms with Crippen LogP contribution in [0.3, 0.4) is 0 Å². The van der Waals surface area contributed by atoms with Gasteiger partial charge < -0.3 is 19.9 Å². The van der Waals surface area contributed by atoms with Crippen molar-refractivity contribution >= 4 is 39.5 Å². The number of anilines is 2. The van der Waals surface area contributed by atoms with Crippen LogP contribution in [0.15, 0.2) is 34.4 Å². The summed E-state index contributed by atoms with van der Waals surface area (Å²) in [5, 5.41) is 9.02. The van der Waals surface area contributed by atoms with Crippen LogP contribution in [0.1, 0.15) is 34.9 Å². The Balaban J connectivity index is 1.65. The van der Waals surface area contributed by atoms with Crippen molar-refractivity contribution in [2.75, 3.05) is 43.1 Å². The first-order valence-corrected chi connectivity index (χ1v) is 12.7. The number of esters is 1. The molecule has 1 saturated heterocycles. The SMILES string of the molecule is COC(=O)CC1N=C(c2ccc(N3CCNCC3)cc2)c2c(sc(C)c2C)N2C1=NNC#CC2C. The first-order chi connectivity index (χ1) is 17.0. The van der Waals surface area contributed by atoms with Crippen LogP contribution in [0.5, 0.6) is 0 Å². The standard InChI is InChI=1S/C26H30N6O2S/c1-16-9-10-28-30-25-21(15-22(33)34-4)29-24(23-17(2)18(3)35-26(23)32(16)25)19-5-7-20(8-6-19)31-13-11-27-12-14-31/h5-8,16,21,27-28H,11-15H2,1-4H3. The molecule has 35 heavy (non-hydrogen) atoms. The molecule has 0 amide bonds. The maximum absolute atomic E-state index is 12.4. The van der Waals surface area contributed by atoms with Gasteiger partial charge in [0, 0.05) is 53.9 Å². The molecule has 2 aromatic rings. The highest BCUT2D eigenvalue weighted by Gasteiger charge is 2.37. The Kier molecular flexibility index (Phi) is 6.50. The number of piperazine rings is 1. The Morgan fingerprint density at radius 1 is 1.23 bits per heavy atom. The van der Waals surface area contributed by atoms with E-state index in [0.29, 0.717) is 5.84 Å². The third-order valence-corrected chi connectivity index (χ3v) is 7.96. The quantitative estimate of drug-likeness (QED) is 0.507. The third kappa shape index (κ3) is 4.40. The number of carbonyl (C=O) groups excluding carboxylic acids is 1. The fourth-order valence-corrected chi connectivity index (χ4v) is 5.99. The molecule has 2 atom stereocenters. The lowest BCUT2D eigenvalue weighted by molar-refractivity contribution is -0.140. The summed E-state index contributed by atoms with van der Waals surface area (Å²) in [6.45, 7) is 10.3. The number of aryl methyl sites for hydroxylation is 1. The van der Waals surface area contributed by atoms with E-state index in [4.69, 9.17) is 9.73 Å². The van der Waals surface area contributed by atoms with Crippen LogP contribution in [0, 0.1) is 25.8 Å². The molecule has 8 nitrogen and oxygen atoms in total. The zero-order valence-corrected chi connectivity index (χ0v) is 21.3. The van der Waals surface area contributed by atoms with E-state index in [1.807, 2.05) is 6.92 Å². The first kappa shape index (κ1) is 23.4. The van der Waals surface area contributed by atoms with Crippen LogP contribution in [0.25, 0.3) is 0 Å². The second-order valence-corrected chi connectivity index (χ2v) is 10.1. The summed E-state index contributed by atoms with van der Waals surface area (Å²) in [6.07, 6.45) is 0.0928. The van der Waals surface area contributed by atoms with Crippen molar-refractivity contribution in [1.29, 1.82) is 0 Å². The van der Waals surface area contributed by atoms with Gasteiger partial charge in [-0.15, -0.1) is 11.3 Å². The monoisotopic (exact) mass is 490 g/mol. The van der Waals surface area contributed by atoms with Crippen molar-refractivity contribution < 1.29 is 9.53 Å². The summed E-state index contributed by atoms with van der Waals surface area (Å²) in [5.74, 6) is 3.54. The Morgan fingerprint density at radius 3 is 2.69 bits per heavy atom. The molecule has 9 heteroatoms. The molecule has 0 bridgehead atoms. The highest BCUT2D eigenvalue weighted by Crippen LogP contribution is 2.41. The van der Waals surface area contributed by atoms with Crippen LogP contribution in [0.2, 0.25) is 0 Å². The van der Waals surface area contributed by atoms with Gasteiger partial charge in [-0.05, 0) is 38.5 Å². The third-order valence-electron chi connectivity index (χ3n) is 6.76. The number of nitrogens with zero attached hydrogens (tertiary/aromatic N) is 4. The molecule has 2 unspecified atom stereocenters. The molecule has 4 heterocycles. The molecule has 3 aliphatic heterocycles. The van der Waals surface area contributed by atoms with E-state index < -0.39 is 6.04 Å². The number of aliphatic imine (C=N–C) groups is 1. The predicted octanol–water partition coefficient (Wildman–Crippen LogP) is 2.63. The highest BCUT2D eigenvalue weighted by atomic mass is 32.1. The minimum absolute atomic E-state index is 0.0928. The summed E-state index contributed by atoms with van der Waals surface area (Å²) >= 11 is 1.72. The summed E-state index contributed by atoms with van der Waals surface area (Å²) in [4.78, 5) is 23.3. The summed E-state index contributed by atoms with van der Waals surface area (Å²) in [6, 6.07) is 10.9. The number of hydrogen-bond acceptors (Lipinski definition) is 9. The van der Waals surface area contributed by atoms with Gasteiger partial charge >= 0.3 is 5.97 Å². The van der Waals surface area contributed by atoms with Gasteiger partial charge in [-0.1, -0.05) is 18.1 Å². The molecule has 3 aliphatic rings. The average molecular weight is 491 g/mol. The average Bonchev–Trinajstić information content (AvgIpc) is 3.01. The molecule has 0 radical (unpaired) electrons. The number of ether oxygens (including phenoxy) is 1. The zero-order chi connectivity index (χ0) is 24.5. The fourth-order valence-electron chi connectivity index (χ4n) is 4.74. The van der Waals surface area contributed by atoms with E-state index in [0.717, 1.165) is 48.0 Å². The van der Waals surface area contributed by atoms with Crippen molar-refractivity contribution in [3.05, 3.63) is 45.8 Å². The highest BCUT2D eigenvalue weighted by molar-refractivity contribution is 7.17. The minimum atomic E-state index is -0.513. The second-order valence-electron chi connectivity index (χ2n) is 8.92. The van der Waals surface area contributed by atoms with Crippen molar-refractivity contribution in [2.24, 2.45) is 10.1 Å². The molecule has 0 saturated carbocycles. The van der Waals surface area contributed by atoms with Crippen molar-refractivity contribution in [1.82, 2.24) is 10.7 Å². The molecule has 0 aliphatic carbocycles. The van der Waals surface area contributed by atoms with Crippen molar-refractivity contribution in [3.8, 4) is 12.0 Å². The van der Waals surface area contributed by atoms with Crippen molar-refractivity contribution in [3.63, 3.8) is 0 Å². The Bertz CT molecular complexity index is 1250. The number of amidine groups is 1. The topological polar surface area (TPSA) is 81.6 Å². The number of methoxy groups -OCH3 is 1. The van der Waals surface area contributed by atoms with Crippen LogP contribution in [-0.4, -0.2) is 62.9 Å². The molecular weight excluding hydrogens is 460 g/mol. The van der Waals surface area contributed by atoms with Gasteiger partial charge in [0.1, 0.15) is 11.0 Å². The summed E-state index contributed by atoms with van der Waals surface area (Å²) in [5.41, 5.74) is 8.20. The Hall–Kier alpha value is -3.35. The van der Waals surface area contributed by atoms with Gasteiger partial charge in [-0.3, -0.25) is 9.79 Å². The Morgan fingerprint density at radius 2 is 1.97 bits per heavy atom. The van der Waals surface area contributed by atoms with E-state index in [1.54, 1.807) is 11.3 Å². The predicted molar refractivity (Wildman–Crippen MR) is 142 cm³/mol. The molecule has 0 spiro atoms. The number of benzene rings is 1. The number of fused-ring (bicyclic) bond motifs is 3. The van der Waals surface area contributed by atoms with Gasteiger partial charge in [0.05, 0.1) is 25.3 Å². The molecule has 2 N–H and O–H groups in total. The number of hydrazone groups is 1. The number of thiophene rings is 1.